The smallest absolute Gasteiger partial charge is 0.0604 e. The summed E-state index contributed by atoms with van der Waals surface area (Å²) in [5.74, 6) is 0.960. The lowest BCUT2D eigenvalue weighted by molar-refractivity contribution is 0.153. The second-order valence-corrected chi connectivity index (χ2v) is 7.86. The van der Waals surface area contributed by atoms with Crippen molar-refractivity contribution in [2.75, 3.05) is 75.8 Å². The van der Waals surface area contributed by atoms with Crippen molar-refractivity contribution in [3.8, 4) is 0 Å². The highest BCUT2D eigenvalue weighted by atomic mass is 15.3. The van der Waals surface area contributed by atoms with E-state index >= 15 is 0 Å². The Kier molecular flexibility index (Phi) is 4.95. The number of fused-ring (bicyclic) bond motifs is 1. The van der Waals surface area contributed by atoms with Gasteiger partial charge in [0.15, 0.2) is 0 Å². The van der Waals surface area contributed by atoms with E-state index in [1.165, 1.54) is 89.5 Å². The number of nitrogens with zero attached hydrogens (tertiary/aromatic N) is 4. The lowest BCUT2D eigenvalue weighted by Gasteiger charge is -2.39. The Morgan fingerprint density at radius 3 is 2.21 bits per heavy atom. The molecule has 1 saturated heterocycles. The number of rotatable bonds is 6. The Morgan fingerprint density at radius 2 is 1.50 bits per heavy atom. The third kappa shape index (κ3) is 3.86. The van der Waals surface area contributed by atoms with E-state index in [9.17, 15) is 0 Å². The number of piperazine rings is 1. The second-order valence-electron chi connectivity index (χ2n) is 7.86. The van der Waals surface area contributed by atoms with Crippen LogP contribution in [0, 0.1) is 5.92 Å². The summed E-state index contributed by atoms with van der Waals surface area (Å²) in [6.07, 6.45) is 4.15. The summed E-state index contributed by atoms with van der Waals surface area (Å²) in [6.45, 7) is 11.0. The lowest BCUT2D eigenvalue weighted by atomic mass is 10.1. The van der Waals surface area contributed by atoms with Gasteiger partial charge in [0.25, 0.3) is 0 Å². The molecular formula is C20H32N4. The number of hydrogen-bond acceptors (Lipinski definition) is 4. The third-order valence-electron chi connectivity index (χ3n) is 5.88. The van der Waals surface area contributed by atoms with Gasteiger partial charge in [0.05, 0.1) is 11.4 Å². The van der Waals surface area contributed by atoms with Crippen LogP contribution >= 0.6 is 0 Å². The minimum absolute atomic E-state index is 0.960. The van der Waals surface area contributed by atoms with E-state index in [0.717, 1.165) is 5.92 Å². The van der Waals surface area contributed by atoms with Crippen LogP contribution in [0.4, 0.5) is 11.4 Å². The van der Waals surface area contributed by atoms with Crippen molar-refractivity contribution >= 4 is 11.4 Å². The average molecular weight is 329 g/mol. The van der Waals surface area contributed by atoms with Gasteiger partial charge in [-0.1, -0.05) is 12.1 Å². The van der Waals surface area contributed by atoms with Crippen LogP contribution in [0.25, 0.3) is 0 Å². The highest BCUT2D eigenvalue weighted by Gasteiger charge is 2.28. The number of likely N-dealkylation sites (N-methyl/N-ethyl adjacent to an activating group) is 1. The van der Waals surface area contributed by atoms with Gasteiger partial charge in [-0.2, -0.15) is 0 Å². The molecule has 4 rings (SSSR count). The molecule has 0 bridgehead atoms. The first-order chi connectivity index (χ1) is 11.8. The zero-order valence-electron chi connectivity index (χ0n) is 15.2. The molecule has 4 nitrogen and oxygen atoms in total. The summed E-state index contributed by atoms with van der Waals surface area (Å²) in [6, 6.07) is 9.05. The zero-order valence-corrected chi connectivity index (χ0v) is 15.2. The summed E-state index contributed by atoms with van der Waals surface area (Å²) in [5.41, 5.74) is 2.93. The van der Waals surface area contributed by atoms with Gasteiger partial charge < -0.3 is 19.6 Å². The maximum atomic E-state index is 2.63. The molecule has 0 amide bonds. The van der Waals surface area contributed by atoms with Gasteiger partial charge in [-0.25, -0.2) is 0 Å². The van der Waals surface area contributed by atoms with Crippen LogP contribution in [0.2, 0.25) is 0 Å². The van der Waals surface area contributed by atoms with Crippen molar-refractivity contribution in [1.29, 1.82) is 0 Å². The van der Waals surface area contributed by atoms with E-state index in [1.807, 2.05) is 0 Å². The van der Waals surface area contributed by atoms with Crippen LogP contribution in [0.5, 0.6) is 0 Å². The molecule has 2 heterocycles. The molecule has 1 aliphatic carbocycles. The molecule has 4 heteroatoms. The predicted octanol–water partition coefficient (Wildman–Crippen LogP) is 2.36. The van der Waals surface area contributed by atoms with Crippen LogP contribution in [-0.4, -0.2) is 75.8 Å². The molecule has 1 aromatic carbocycles. The molecule has 0 spiro atoms. The van der Waals surface area contributed by atoms with Crippen molar-refractivity contribution in [1.82, 2.24) is 9.80 Å². The molecule has 2 aliphatic heterocycles. The Morgan fingerprint density at radius 1 is 0.833 bits per heavy atom. The highest BCUT2D eigenvalue weighted by Crippen LogP contribution is 2.37. The Bertz CT molecular complexity index is 534. The largest absolute Gasteiger partial charge is 0.368 e. The van der Waals surface area contributed by atoms with E-state index in [2.05, 4.69) is 50.9 Å². The van der Waals surface area contributed by atoms with Crippen molar-refractivity contribution in [2.24, 2.45) is 5.92 Å². The maximum absolute atomic E-state index is 2.63. The fourth-order valence-electron chi connectivity index (χ4n) is 4.07. The van der Waals surface area contributed by atoms with Gasteiger partial charge in [0, 0.05) is 52.4 Å². The SMILES string of the molecule is CN1CCN(CCCN2CCN(CC3CC3)c3ccccc32)CC1. The first-order valence-corrected chi connectivity index (χ1v) is 9.79. The van der Waals surface area contributed by atoms with E-state index in [0.29, 0.717) is 0 Å². The first kappa shape index (κ1) is 16.2. The van der Waals surface area contributed by atoms with Gasteiger partial charge in [0.2, 0.25) is 0 Å². The number of para-hydroxylation sites is 2. The van der Waals surface area contributed by atoms with Gasteiger partial charge in [-0.05, 0) is 50.9 Å². The van der Waals surface area contributed by atoms with Gasteiger partial charge in [-0.15, -0.1) is 0 Å². The number of benzene rings is 1. The van der Waals surface area contributed by atoms with E-state index < -0.39 is 0 Å². The number of anilines is 2. The van der Waals surface area contributed by atoms with E-state index in [-0.39, 0.29) is 0 Å². The molecule has 0 aromatic heterocycles. The van der Waals surface area contributed by atoms with E-state index in [4.69, 9.17) is 0 Å². The predicted molar refractivity (Wildman–Crippen MR) is 102 cm³/mol. The van der Waals surface area contributed by atoms with Crippen LogP contribution in [0.15, 0.2) is 24.3 Å². The van der Waals surface area contributed by atoms with Crippen molar-refractivity contribution < 1.29 is 0 Å². The van der Waals surface area contributed by atoms with Crippen molar-refractivity contribution in [3.05, 3.63) is 24.3 Å². The zero-order chi connectivity index (χ0) is 16.4. The molecule has 0 radical (unpaired) electrons. The molecule has 24 heavy (non-hydrogen) atoms. The Balaban J connectivity index is 1.32. The van der Waals surface area contributed by atoms with Crippen molar-refractivity contribution in [2.45, 2.75) is 19.3 Å². The quantitative estimate of drug-likeness (QED) is 0.795. The normalized spacial score (nSPS) is 22.7. The minimum Gasteiger partial charge on any atom is -0.368 e. The maximum Gasteiger partial charge on any atom is 0.0604 e. The van der Waals surface area contributed by atoms with Crippen LogP contribution < -0.4 is 9.80 Å². The van der Waals surface area contributed by atoms with Gasteiger partial charge >= 0.3 is 0 Å². The summed E-state index contributed by atoms with van der Waals surface area (Å²) < 4.78 is 0. The monoisotopic (exact) mass is 328 g/mol. The van der Waals surface area contributed by atoms with E-state index in [1.54, 1.807) is 0 Å². The minimum atomic E-state index is 0.960. The topological polar surface area (TPSA) is 13.0 Å². The second kappa shape index (κ2) is 7.32. The molecule has 0 unspecified atom stereocenters. The summed E-state index contributed by atoms with van der Waals surface area (Å²) >= 11 is 0. The summed E-state index contributed by atoms with van der Waals surface area (Å²) in [7, 11) is 2.23. The van der Waals surface area contributed by atoms with Crippen LogP contribution in [0.1, 0.15) is 19.3 Å². The molecule has 0 N–H and O–H groups in total. The standard InChI is InChI=1S/C20H32N4/c1-21-11-13-22(14-12-21)9-4-10-23-15-16-24(17-18-7-8-18)20-6-3-2-5-19(20)23/h2-3,5-6,18H,4,7-17H2,1H3. The molecule has 1 aromatic rings. The van der Waals surface area contributed by atoms with Crippen LogP contribution in [-0.2, 0) is 0 Å². The molecular weight excluding hydrogens is 296 g/mol. The molecule has 0 atom stereocenters. The fourth-order valence-corrected chi connectivity index (χ4v) is 4.07. The third-order valence-corrected chi connectivity index (χ3v) is 5.88. The Labute approximate surface area is 147 Å². The number of hydrogen-bond donors (Lipinski definition) is 0. The molecule has 1 saturated carbocycles. The fraction of sp³-hybridized carbons (Fsp3) is 0.700. The van der Waals surface area contributed by atoms with Crippen molar-refractivity contribution in [3.63, 3.8) is 0 Å². The Hall–Kier alpha value is -1.26. The first-order valence-electron chi connectivity index (χ1n) is 9.79. The van der Waals surface area contributed by atoms with Crippen LogP contribution in [0.3, 0.4) is 0 Å². The lowest BCUT2D eigenvalue weighted by Crippen LogP contribution is -2.46. The average Bonchev–Trinajstić information content (AvgIpc) is 3.42. The molecule has 2 fully saturated rings. The summed E-state index contributed by atoms with van der Waals surface area (Å²) in [5, 5.41) is 0. The van der Waals surface area contributed by atoms with Gasteiger partial charge in [0.1, 0.15) is 0 Å². The molecule has 3 aliphatic rings. The molecule has 132 valence electrons. The summed E-state index contributed by atoms with van der Waals surface area (Å²) in [4.78, 5) is 10.3. The highest BCUT2D eigenvalue weighted by molar-refractivity contribution is 5.73. The van der Waals surface area contributed by atoms with Gasteiger partial charge in [-0.3, -0.25) is 0 Å².